The van der Waals surface area contributed by atoms with Gasteiger partial charge in [-0.05, 0) is 83.8 Å². The maximum atomic E-state index is 16.6. The molecule has 3 saturated heterocycles. The first-order valence-corrected chi connectivity index (χ1v) is 16.6. The summed E-state index contributed by atoms with van der Waals surface area (Å²) in [6.07, 6.45) is 7.12. The molecule has 0 bridgehead atoms. The van der Waals surface area contributed by atoms with Gasteiger partial charge >= 0.3 is 12.1 Å². The first-order chi connectivity index (χ1) is 22.1. The Labute approximate surface area is 273 Å². The Morgan fingerprint density at radius 3 is 2.50 bits per heavy atom. The minimum absolute atomic E-state index is 0.00278. The smallest absolute Gasteiger partial charge is 0.410 e. The third-order valence-corrected chi connectivity index (χ3v) is 9.86. The zero-order valence-electron chi connectivity index (χ0n) is 26.6. The Kier molecular flexibility index (Phi) is 8.13. The summed E-state index contributed by atoms with van der Waals surface area (Å²) in [5.74, 6) is -0.0849. The number of carbonyl (C=O) groups excluding carboxylic acids is 1. The highest BCUT2D eigenvalue weighted by Gasteiger charge is 2.45. The topological polar surface area (TPSA) is 92.7 Å². The van der Waals surface area contributed by atoms with Crippen molar-refractivity contribution in [2.75, 3.05) is 38.1 Å². The number of hydrogen-bond donors (Lipinski definition) is 1. The van der Waals surface area contributed by atoms with Crippen LogP contribution in [0.2, 0.25) is 5.02 Å². The molecule has 0 spiro atoms. The van der Waals surface area contributed by atoms with Crippen molar-refractivity contribution >= 4 is 45.2 Å². The fourth-order valence-electron chi connectivity index (χ4n) is 7.28. The number of benzene rings is 2. The number of amides is 1. The van der Waals surface area contributed by atoms with Crippen molar-refractivity contribution in [3.8, 4) is 17.3 Å². The Balaban J connectivity index is 1.22. The van der Waals surface area contributed by atoms with E-state index in [4.69, 9.17) is 26.1 Å². The molecule has 11 heteroatoms. The number of rotatable bonds is 6. The molecule has 9 nitrogen and oxygen atoms in total. The van der Waals surface area contributed by atoms with E-state index in [0.29, 0.717) is 54.3 Å². The lowest BCUT2D eigenvalue weighted by molar-refractivity contribution is 0.0210. The van der Waals surface area contributed by atoms with Gasteiger partial charge in [0.25, 0.3) is 0 Å². The third kappa shape index (κ3) is 5.93. The summed E-state index contributed by atoms with van der Waals surface area (Å²) in [7, 11) is 0. The van der Waals surface area contributed by atoms with Gasteiger partial charge in [0.2, 0.25) is 0 Å². The average molecular weight is 647 g/mol. The molecule has 3 fully saturated rings. The molecule has 0 atom stereocenters. The fourth-order valence-corrected chi connectivity index (χ4v) is 7.56. The Morgan fingerprint density at radius 1 is 1.07 bits per heavy atom. The Bertz CT molecular complexity index is 1770. The van der Waals surface area contributed by atoms with Gasteiger partial charge < -0.3 is 19.7 Å². The van der Waals surface area contributed by atoms with E-state index in [2.05, 4.69) is 20.2 Å². The van der Waals surface area contributed by atoms with Gasteiger partial charge in [0.05, 0.1) is 10.9 Å². The largest absolute Gasteiger partial charge is 0.461 e. The van der Waals surface area contributed by atoms with E-state index in [9.17, 15) is 4.79 Å². The number of piperidine rings is 1. The highest BCUT2D eigenvalue weighted by atomic mass is 35.5. The molecular weight excluding hydrogens is 607 g/mol. The number of halogens is 2. The van der Waals surface area contributed by atoms with Crippen molar-refractivity contribution in [2.45, 2.75) is 76.5 Å². The van der Waals surface area contributed by atoms with Crippen molar-refractivity contribution in [2.24, 2.45) is 0 Å². The standard InChI is InChI=1S/C35H40ClFN6O3/c1-34(2,3)46-33(44)42-18-12-23(13-19-42)39-31-25-20-38-29(24-10-4-8-22-9-5-11-26(36)27(22)24)28(37)30(25)40-32(41-31)45-21-35-14-6-16-43(35)17-7-15-35/h4-5,8-11,20,23H,6-7,12-19,21H2,1-3H3,(H,39,40,41). The van der Waals surface area contributed by atoms with Crippen LogP contribution in [0.15, 0.2) is 42.6 Å². The number of nitrogens with one attached hydrogen (secondary N) is 1. The molecule has 2 aromatic heterocycles. The van der Waals surface area contributed by atoms with Crippen molar-refractivity contribution < 1.29 is 18.7 Å². The average Bonchev–Trinajstić information content (AvgIpc) is 3.61. The fraction of sp³-hybridized carbons (Fsp3) is 0.486. The van der Waals surface area contributed by atoms with Crippen LogP contribution in [0.3, 0.4) is 0 Å². The van der Waals surface area contributed by atoms with Gasteiger partial charge in [0, 0.05) is 41.3 Å². The molecule has 1 N–H and O–H groups in total. The summed E-state index contributed by atoms with van der Waals surface area (Å²) in [5, 5.41) is 6.15. The predicted octanol–water partition coefficient (Wildman–Crippen LogP) is 7.46. The summed E-state index contributed by atoms with van der Waals surface area (Å²) in [6.45, 7) is 9.29. The van der Waals surface area contributed by atoms with Crippen molar-refractivity contribution in [1.82, 2.24) is 24.8 Å². The second kappa shape index (κ2) is 12.1. The molecule has 7 rings (SSSR count). The van der Waals surface area contributed by atoms with Crippen LogP contribution < -0.4 is 10.1 Å². The van der Waals surface area contributed by atoms with Crippen LogP contribution in [-0.4, -0.2) is 80.8 Å². The van der Waals surface area contributed by atoms with Crippen molar-refractivity contribution in [3.05, 3.63) is 53.4 Å². The Morgan fingerprint density at radius 2 is 1.78 bits per heavy atom. The van der Waals surface area contributed by atoms with Crippen LogP contribution in [0.4, 0.5) is 15.0 Å². The van der Waals surface area contributed by atoms with Crippen molar-refractivity contribution in [3.63, 3.8) is 0 Å². The van der Waals surface area contributed by atoms with Crippen LogP contribution in [0, 0.1) is 5.82 Å². The number of carbonyl (C=O) groups is 1. The minimum atomic E-state index is -0.554. The third-order valence-electron chi connectivity index (χ3n) is 9.54. The molecule has 2 aromatic carbocycles. The normalized spacial score (nSPS) is 18.7. The molecule has 242 valence electrons. The van der Waals surface area contributed by atoms with Gasteiger partial charge in [0.15, 0.2) is 5.82 Å². The maximum absolute atomic E-state index is 16.6. The van der Waals surface area contributed by atoms with Crippen LogP contribution in [-0.2, 0) is 4.74 Å². The number of anilines is 1. The van der Waals surface area contributed by atoms with Gasteiger partial charge in [-0.2, -0.15) is 9.97 Å². The Hall–Kier alpha value is -3.76. The number of pyridine rings is 1. The van der Waals surface area contributed by atoms with E-state index < -0.39 is 11.4 Å². The number of ether oxygens (including phenoxy) is 2. The first-order valence-electron chi connectivity index (χ1n) is 16.3. The van der Waals surface area contributed by atoms with E-state index in [1.807, 2.05) is 51.1 Å². The van der Waals surface area contributed by atoms with Gasteiger partial charge in [-0.25, -0.2) is 9.18 Å². The molecule has 3 aliphatic heterocycles. The minimum Gasteiger partial charge on any atom is -0.461 e. The molecule has 3 aliphatic rings. The zero-order valence-corrected chi connectivity index (χ0v) is 27.4. The van der Waals surface area contributed by atoms with E-state index in [1.165, 1.54) is 0 Å². The van der Waals surface area contributed by atoms with Crippen LogP contribution >= 0.6 is 11.6 Å². The quantitative estimate of drug-likeness (QED) is 0.231. The van der Waals surface area contributed by atoms with E-state index in [0.717, 1.165) is 49.5 Å². The molecule has 0 unspecified atom stereocenters. The summed E-state index contributed by atoms with van der Waals surface area (Å²) in [6, 6.07) is 11.4. The van der Waals surface area contributed by atoms with Crippen LogP contribution in [0.5, 0.6) is 6.01 Å². The summed E-state index contributed by atoms with van der Waals surface area (Å²) >= 11 is 6.61. The monoisotopic (exact) mass is 646 g/mol. The molecule has 5 heterocycles. The molecule has 0 aliphatic carbocycles. The van der Waals surface area contributed by atoms with Crippen molar-refractivity contribution in [1.29, 1.82) is 0 Å². The SMILES string of the molecule is CC(C)(C)OC(=O)N1CCC(Nc2nc(OCC34CCCN3CCC4)nc3c(F)c(-c4cccc5cccc(Cl)c45)ncc23)CC1. The molecule has 4 aromatic rings. The lowest BCUT2D eigenvalue weighted by atomic mass is 9.95. The summed E-state index contributed by atoms with van der Waals surface area (Å²) in [4.78, 5) is 30.9. The van der Waals surface area contributed by atoms with E-state index >= 15 is 4.39 Å². The summed E-state index contributed by atoms with van der Waals surface area (Å²) < 4.78 is 28.5. The van der Waals surface area contributed by atoms with Crippen LogP contribution in [0.1, 0.15) is 59.3 Å². The molecular formula is C35H40ClFN6O3. The lowest BCUT2D eigenvalue weighted by Gasteiger charge is -2.34. The highest BCUT2D eigenvalue weighted by Crippen LogP contribution is 2.40. The molecule has 0 saturated carbocycles. The van der Waals surface area contributed by atoms with Gasteiger partial charge in [-0.1, -0.05) is 41.9 Å². The highest BCUT2D eigenvalue weighted by molar-refractivity contribution is 6.36. The molecule has 1 amide bonds. The van der Waals surface area contributed by atoms with Gasteiger partial charge in [-0.3, -0.25) is 9.88 Å². The number of hydrogen-bond acceptors (Lipinski definition) is 8. The zero-order chi connectivity index (χ0) is 32.1. The van der Waals surface area contributed by atoms with Crippen LogP contribution in [0.25, 0.3) is 32.9 Å². The number of likely N-dealkylation sites (tertiary alicyclic amines) is 1. The second-order valence-corrected chi connectivity index (χ2v) is 14.2. The van der Waals surface area contributed by atoms with E-state index in [1.54, 1.807) is 17.2 Å². The number of nitrogens with zero attached hydrogens (tertiary/aromatic N) is 5. The molecule has 46 heavy (non-hydrogen) atoms. The maximum Gasteiger partial charge on any atom is 0.410 e. The summed E-state index contributed by atoms with van der Waals surface area (Å²) in [5.41, 5.74) is 0.341. The van der Waals surface area contributed by atoms with Gasteiger partial charge in [-0.15, -0.1) is 0 Å². The number of aromatic nitrogens is 3. The first kappa shape index (κ1) is 30.9. The number of fused-ring (bicyclic) bond motifs is 3. The predicted molar refractivity (Wildman–Crippen MR) is 178 cm³/mol. The van der Waals surface area contributed by atoms with E-state index in [-0.39, 0.29) is 34.9 Å². The van der Waals surface area contributed by atoms with Gasteiger partial charge in [0.1, 0.15) is 29.2 Å². The molecule has 0 radical (unpaired) electrons. The lowest BCUT2D eigenvalue weighted by Crippen LogP contribution is -2.44. The second-order valence-electron chi connectivity index (χ2n) is 13.8.